The Bertz CT molecular complexity index is 806. The number of unbranched alkanes of at least 4 members (excludes halogenated alkanes) is 1. The fourth-order valence-electron chi connectivity index (χ4n) is 2.29. The Balaban J connectivity index is 1.91. The van der Waals surface area contributed by atoms with Gasteiger partial charge in [-0.3, -0.25) is 4.79 Å². The molecule has 27 heavy (non-hydrogen) atoms. The van der Waals surface area contributed by atoms with Crippen molar-refractivity contribution in [3.05, 3.63) is 57.6 Å². The smallest absolute Gasteiger partial charge is 0.277 e. The summed E-state index contributed by atoms with van der Waals surface area (Å²) in [5.74, 6) is 1.11. The maximum atomic E-state index is 12.0. The van der Waals surface area contributed by atoms with E-state index in [4.69, 9.17) is 9.47 Å². The van der Waals surface area contributed by atoms with Crippen molar-refractivity contribution in [2.24, 2.45) is 5.10 Å². The maximum Gasteiger partial charge on any atom is 0.277 e. The van der Waals surface area contributed by atoms with E-state index in [1.165, 1.54) is 0 Å². The second kappa shape index (κ2) is 10.7. The van der Waals surface area contributed by atoms with Crippen LogP contribution < -0.4 is 14.9 Å². The third-order valence-electron chi connectivity index (χ3n) is 3.82. The molecular weight excluding hydrogens is 408 g/mol. The van der Waals surface area contributed by atoms with Gasteiger partial charge < -0.3 is 9.47 Å². The first-order valence-corrected chi connectivity index (χ1v) is 9.73. The SMILES string of the molecule is CCCCOc1ccc(Br)cc1/C=N\NC(=O)COc1cc(C)ccc1C. The molecule has 0 atom stereocenters. The Morgan fingerprint density at radius 1 is 1.15 bits per heavy atom. The number of amides is 1. The van der Waals surface area contributed by atoms with Gasteiger partial charge in [-0.2, -0.15) is 5.10 Å². The largest absolute Gasteiger partial charge is 0.493 e. The molecule has 0 heterocycles. The minimum absolute atomic E-state index is 0.0972. The number of carbonyl (C=O) groups excluding carboxylic acids is 1. The summed E-state index contributed by atoms with van der Waals surface area (Å²) in [4.78, 5) is 12.0. The number of carbonyl (C=O) groups is 1. The van der Waals surface area contributed by atoms with Crippen LogP contribution in [0.15, 0.2) is 46.0 Å². The standard InChI is InChI=1S/C21H25BrN2O3/c1-4-5-10-26-19-9-8-18(22)12-17(19)13-23-24-21(25)14-27-20-11-15(2)6-7-16(20)3/h6-9,11-13H,4-5,10,14H2,1-3H3,(H,24,25)/b23-13-. The molecule has 2 aromatic rings. The number of nitrogens with zero attached hydrogens (tertiary/aromatic N) is 1. The highest BCUT2D eigenvalue weighted by molar-refractivity contribution is 9.10. The highest BCUT2D eigenvalue weighted by Crippen LogP contribution is 2.22. The predicted molar refractivity (Wildman–Crippen MR) is 112 cm³/mol. The molecule has 0 aliphatic rings. The Kier molecular flexibility index (Phi) is 8.33. The van der Waals surface area contributed by atoms with Gasteiger partial charge in [-0.05, 0) is 55.7 Å². The fraction of sp³-hybridized carbons (Fsp3) is 0.333. The first kappa shape index (κ1) is 21.0. The van der Waals surface area contributed by atoms with Crippen molar-refractivity contribution in [2.45, 2.75) is 33.6 Å². The van der Waals surface area contributed by atoms with Crippen molar-refractivity contribution in [3.8, 4) is 11.5 Å². The van der Waals surface area contributed by atoms with Crippen LogP contribution in [0.5, 0.6) is 11.5 Å². The Morgan fingerprint density at radius 3 is 2.74 bits per heavy atom. The van der Waals surface area contributed by atoms with Crippen molar-refractivity contribution in [3.63, 3.8) is 0 Å². The van der Waals surface area contributed by atoms with E-state index < -0.39 is 0 Å². The van der Waals surface area contributed by atoms with Crippen molar-refractivity contribution < 1.29 is 14.3 Å². The lowest BCUT2D eigenvalue weighted by Gasteiger charge is -2.10. The van der Waals surface area contributed by atoms with E-state index in [1.54, 1.807) is 6.21 Å². The molecule has 0 aliphatic carbocycles. The fourth-order valence-corrected chi connectivity index (χ4v) is 2.67. The van der Waals surface area contributed by atoms with Crippen LogP contribution in [0.25, 0.3) is 0 Å². The molecule has 0 aliphatic heterocycles. The second-order valence-electron chi connectivity index (χ2n) is 6.23. The summed E-state index contributed by atoms with van der Waals surface area (Å²) in [6.07, 6.45) is 3.62. The van der Waals surface area contributed by atoms with Gasteiger partial charge in [-0.25, -0.2) is 5.43 Å². The van der Waals surface area contributed by atoms with Gasteiger partial charge in [-0.15, -0.1) is 0 Å². The average molecular weight is 433 g/mol. The number of benzene rings is 2. The molecule has 0 fully saturated rings. The third kappa shape index (κ3) is 7.06. The summed E-state index contributed by atoms with van der Waals surface area (Å²) in [6, 6.07) is 11.6. The number of hydrogen-bond donors (Lipinski definition) is 1. The van der Waals surface area contributed by atoms with Crippen molar-refractivity contribution in [1.82, 2.24) is 5.43 Å². The van der Waals surface area contributed by atoms with Gasteiger partial charge >= 0.3 is 0 Å². The number of rotatable bonds is 9. The lowest BCUT2D eigenvalue weighted by atomic mass is 10.1. The van der Waals surface area contributed by atoms with E-state index in [0.29, 0.717) is 12.4 Å². The van der Waals surface area contributed by atoms with E-state index in [1.807, 2.05) is 50.2 Å². The van der Waals surface area contributed by atoms with E-state index in [-0.39, 0.29) is 12.5 Å². The molecule has 144 valence electrons. The van der Waals surface area contributed by atoms with Crippen molar-refractivity contribution in [2.75, 3.05) is 13.2 Å². The lowest BCUT2D eigenvalue weighted by molar-refractivity contribution is -0.123. The van der Waals surface area contributed by atoms with E-state index >= 15 is 0 Å². The van der Waals surface area contributed by atoms with Crippen LogP contribution in [0, 0.1) is 13.8 Å². The highest BCUT2D eigenvalue weighted by atomic mass is 79.9. The molecule has 0 unspecified atom stereocenters. The van der Waals surface area contributed by atoms with Crippen LogP contribution in [-0.2, 0) is 4.79 Å². The van der Waals surface area contributed by atoms with E-state index in [0.717, 1.165) is 39.8 Å². The monoisotopic (exact) mass is 432 g/mol. The summed E-state index contributed by atoms with van der Waals surface area (Å²) in [5, 5.41) is 4.02. The summed E-state index contributed by atoms with van der Waals surface area (Å²) in [5.41, 5.74) is 5.34. The Labute approximate surface area is 168 Å². The van der Waals surface area contributed by atoms with Gasteiger partial charge in [0.15, 0.2) is 6.61 Å². The minimum Gasteiger partial charge on any atom is -0.493 e. The predicted octanol–water partition coefficient (Wildman–Crippen LogP) is 4.77. The molecule has 0 aromatic heterocycles. The number of ether oxygens (including phenoxy) is 2. The maximum absolute atomic E-state index is 12.0. The van der Waals surface area contributed by atoms with Crippen LogP contribution in [-0.4, -0.2) is 25.3 Å². The summed E-state index contributed by atoms with van der Waals surface area (Å²) in [6.45, 7) is 6.59. The first-order chi connectivity index (χ1) is 13.0. The summed E-state index contributed by atoms with van der Waals surface area (Å²) in [7, 11) is 0. The van der Waals surface area contributed by atoms with Crippen molar-refractivity contribution in [1.29, 1.82) is 0 Å². The zero-order chi connectivity index (χ0) is 19.6. The second-order valence-corrected chi connectivity index (χ2v) is 7.15. The molecule has 2 rings (SSSR count). The zero-order valence-corrected chi connectivity index (χ0v) is 17.5. The molecule has 0 saturated heterocycles. The number of aryl methyl sites for hydroxylation is 2. The molecular formula is C21H25BrN2O3. The van der Waals surface area contributed by atoms with Gasteiger partial charge in [0.25, 0.3) is 5.91 Å². The van der Waals surface area contributed by atoms with Crippen LogP contribution in [0.3, 0.4) is 0 Å². The molecule has 0 radical (unpaired) electrons. The van der Waals surface area contributed by atoms with Gasteiger partial charge in [0.1, 0.15) is 11.5 Å². The van der Waals surface area contributed by atoms with Gasteiger partial charge in [-0.1, -0.05) is 41.4 Å². The highest BCUT2D eigenvalue weighted by Gasteiger charge is 2.06. The normalized spacial score (nSPS) is 10.8. The molecule has 0 spiro atoms. The van der Waals surface area contributed by atoms with Crippen LogP contribution >= 0.6 is 15.9 Å². The zero-order valence-electron chi connectivity index (χ0n) is 15.9. The Hall–Kier alpha value is -2.34. The quantitative estimate of drug-likeness (QED) is 0.352. The number of hydrogen-bond acceptors (Lipinski definition) is 4. The van der Waals surface area contributed by atoms with Crippen molar-refractivity contribution >= 4 is 28.1 Å². The van der Waals surface area contributed by atoms with E-state index in [9.17, 15) is 4.79 Å². The molecule has 6 heteroatoms. The van der Waals surface area contributed by atoms with E-state index in [2.05, 4.69) is 33.4 Å². The summed E-state index contributed by atoms with van der Waals surface area (Å²) < 4.78 is 12.3. The molecule has 1 N–H and O–H groups in total. The minimum atomic E-state index is -0.324. The lowest BCUT2D eigenvalue weighted by Crippen LogP contribution is -2.24. The molecule has 1 amide bonds. The molecule has 0 bridgehead atoms. The number of hydrazone groups is 1. The molecule has 5 nitrogen and oxygen atoms in total. The van der Waals surface area contributed by atoms with Crippen LogP contribution in [0.2, 0.25) is 0 Å². The average Bonchev–Trinajstić information content (AvgIpc) is 2.64. The van der Waals surface area contributed by atoms with Crippen LogP contribution in [0.1, 0.15) is 36.5 Å². The molecule has 0 saturated carbocycles. The van der Waals surface area contributed by atoms with Crippen LogP contribution in [0.4, 0.5) is 0 Å². The summed E-state index contributed by atoms with van der Waals surface area (Å²) >= 11 is 3.44. The first-order valence-electron chi connectivity index (χ1n) is 8.94. The molecule has 2 aromatic carbocycles. The number of halogens is 1. The topological polar surface area (TPSA) is 59.9 Å². The van der Waals surface area contributed by atoms with Gasteiger partial charge in [0.05, 0.1) is 12.8 Å². The Morgan fingerprint density at radius 2 is 1.96 bits per heavy atom. The number of nitrogens with one attached hydrogen (secondary N) is 1. The van der Waals surface area contributed by atoms with Gasteiger partial charge in [0, 0.05) is 10.0 Å². The third-order valence-corrected chi connectivity index (χ3v) is 4.32. The van der Waals surface area contributed by atoms with Gasteiger partial charge in [0.2, 0.25) is 0 Å².